The lowest BCUT2D eigenvalue weighted by Crippen LogP contribution is -2.19. The molecule has 2 aromatic rings. The molecule has 124 valence electrons. The van der Waals surface area contributed by atoms with E-state index < -0.39 is 11.9 Å². The van der Waals surface area contributed by atoms with Gasteiger partial charge in [0.25, 0.3) is 0 Å². The van der Waals surface area contributed by atoms with Crippen LogP contribution in [0.15, 0.2) is 36.7 Å². The van der Waals surface area contributed by atoms with Crippen LogP contribution in [0, 0.1) is 6.92 Å². The molecule has 1 aromatic heterocycles. The number of nitrogens with one attached hydrogen (secondary N) is 1. The lowest BCUT2D eigenvalue weighted by atomic mass is 9.97. The summed E-state index contributed by atoms with van der Waals surface area (Å²) < 4.78 is 0. The Labute approximate surface area is 136 Å². The highest BCUT2D eigenvalue weighted by molar-refractivity contribution is 5.77. The predicted octanol–water partition coefficient (Wildman–Crippen LogP) is 3.50. The number of aromatic amines is 1. The van der Waals surface area contributed by atoms with Gasteiger partial charge in [-0.2, -0.15) is 0 Å². The Bertz CT molecular complexity index is 615. The number of carboxylic acids is 1. The first kappa shape index (κ1) is 16.9. The molecule has 5 nitrogen and oxygen atoms in total. The Morgan fingerprint density at radius 2 is 1.83 bits per heavy atom. The minimum atomic E-state index is -0.918. The number of hydrogen-bond acceptors (Lipinski definition) is 3. The van der Waals surface area contributed by atoms with Crippen molar-refractivity contribution in [2.24, 2.45) is 0 Å². The van der Waals surface area contributed by atoms with Gasteiger partial charge >= 0.3 is 5.97 Å². The average molecular weight is 316 g/mol. The van der Waals surface area contributed by atoms with Crippen molar-refractivity contribution in [1.29, 1.82) is 0 Å². The number of aryl methyl sites for hydroxylation is 1. The number of phenolic OH excluding ortho intramolecular Hbond substituents is 1. The fraction of sp³-hybridized carbons (Fsp3) is 0.389. The molecule has 0 bridgehead atoms. The average Bonchev–Trinajstić information content (AvgIpc) is 3.24. The third kappa shape index (κ3) is 4.28. The molecular formula is C18H24N2O3. The van der Waals surface area contributed by atoms with Crippen LogP contribution in [0.5, 0.6) is 5.75 Å². The number of aromatic hydroxyl groups is 1. The van der Waals surface area contributed by atoms with Gasteiger partial charge in [-0.05, 0) is 50.5 Å². The molecule has 1 aliphatic rings. The summed E-state index contributed by atoms with van der Waals surface area (Å²) in [4.78, 5) is 16.1. The molecule has 0 amide bonds. The summed E-state index contributed by atoms with van der Waals surface area (Å²) in [5.74, 6) is -1.52. The second-order valence-electron chi connectivity index (χ2n) is 5.84. The van der Waals surface area contributed by atoms with Crippen molar-refractivity contribution in [3.63, 3.8) is 0 Å². The van der Waals surface area contributed by atoms with Gasteiger partial charge in [-0.15, -0.1) is 0 Å². The number of rotatable bonds is 3. The Kier molecular flexibility index (Phi) is 5.68. The predicted molar refractivity (Wildman–Crippen MR) is 91.1 cm³/mol. The normalized spacial score (nSPS) is 15.0. The van der Waals surface area contributed by atoms with Crippen LogP contribution < -0.4 is 4.90 Å². The number of nitrogens with zero attached hydrogens (tertiary/aromatic N) is 1. The van der Waals surface area contributed by atoms with E-state index in [0.717, 1.165) is 24.3 Å². The molecule has 23 heavy (non-hydrogen) atoms. The Morgan fingerprint density at radius 1 is 1.22 bits per heavy atom. The minimum absolute atomic E-state index is 0.0809. The van der Waals surface area contributed by atoms with Crippen LogP contribution >= 0.6 is 0 Å². The van der Waals surface area contributed by atoms with Gasteiger partial charge in [0.2, 0.25) is 0 Å². The van der Waals surface area contributed by atoms with Crippen molar-refractivity contribution in [2.75, 3.05) is 18.0 Å². The zero-order valence-corrected chi connectivity index (χ0v) is 13.6. The maximum Gasteiger partial charge on any atom is 0.310 e. The molecule has 5 heteroatoms. The Balaban J connectivity index is 0.000000326. The molecule has 1 atom stereocenters. The van der Waals surface area contributed by atoms with E-state index in [1.807, 2.05) is 31.5 Å². The monoisotopic (exact) mass is 316 g/mol. The number of benzene rings is 1. The van der Waals surface area contributed by atoms with Crippen LogP contribution in [0.1, 0.15) is 36.8 Å². The van der Waals surface area contributed by atoms with Gasteiger partial charge in [-0.1, -0.05) is 0 Å². The van der Waals surface area contributed by atoms with Gasteiger partial charge in [0, 0.05) is 42.8 Å². The summed E-state index contributed by atoms with van der Waals surface area (Å²) >= 11 is 0. The third-order valence-corrected chi connectivity index (χ3v) is 4.12. The topological polar surface area (TPSA) is 76.6 Å². The Morgan fingerprint density at radius 3 is 2.30 bits per heavy atom. The number of carbonyl (C=O) groups is 1. The zero-order chi connectivity index (χ0) is 16.8. The molecule has 0 aliphatic carbocycles. The molecule has 1 unspecified atom stereocenters. The van der Waals surface area contributed by atoms with Crippen LogP contribution in [0.4, 0.5) is 5.69 Å². The molecule has 1 saturated heterocycles. The minimum Gasteiger partial charge on any atom is -0.508 e. The highest BCUT2D eigenvalue weighted by atomic mass is 16.4. The van der Waals surface area contributed by atoms with E-state index in [4.69, 9.17) is 5.11 Å². The largest absolute Gasteiger partial charge is 0.508 e. The van der Waals surface area contributed by atoms with Crippen molar-refractivity contribution >= 4 is 11.7 Å². The van der Waals surface area contributed by atoms with Crippen LogP contribution in [0.2, 0.25) is 0 Å². The first-order valence-corrected chi connectivity index (χ1v) is 7.89. The number of aliphatic carboxylic acids is 1. The highest BCUT2D eigenvalue weighted by Crippen LogP contribution is 2.34. The molecule has 1 fully saturated rings. The summed E-state index contributed by atoms with van der Waals surface area (Å²) in [5.41, 5.74) is 2.53. The van der Waals surface area contributed by atoms with E-state index in [-0.39, 0.29) is 5.75 Å². The first-order valence-electron chi connectivity index (χ1n) is 7.89. The summed E-state index contributed by atoms with van der Waals surface area (Å²) in [6, 6.07) is 7.39. The third-order valence-electron chi connectivity index (χ3n) is 4.12. The standard InChI is InChI=1S/C14H19NO3.C4H5N/c1-9-7-11(10(2)14(17)18)13(16)8-12(9)15-5-3-4-6-15;1-2-4-5-3-1/h7-8,10,16H,3-6H2,1-2H3,(H,17,18);1-5H. The Hall–Kier alpha value is -2.43. The lowest BCUT2D eigenvalue weighted by Gasteiger charge is -2.22. The fourth-order valence-corrected chi connectivity index (χ4v) is 2.76. The van der Waals surface area contributed by atoms with Crippen molar-refractivity contribution in [3.8, 4) is 5.75 Å². The molecular weight excluding hydrogens is 292 g/mol. The van der Waals surface area contributed by atoms with Gasteiger partial charge < -0.3 is 20.1 Å². The fourth-order valence-electron chi connectivity index (χ4n) is 2.76. The summed E-state index contributed by atoms with van der Waals surface area (Å²) in [7, 11) is 0. The van der Waals surface area contributed by atoms with Gasteiger partial charge in [0.15, 0.2) is 0 Å². The maximum atomic E-state index is 11.0. The van der Waals surface area contributed by atoms with Crippen LogP contribution in [-0.2, 0) is 4.79 Å². The van der Waals surface area contributed by atoms with Crippen molar-refractivity contribution < 1.29 is 15.0 Å². The molecule has 2 heterocycles. The summed E-state index contributed by atoms with van der Waals surface area (Å²) in [6.07, 6.45) is 6.10. The first-order chi connectivity index (χ1) is 11.0. The zero-order valence-electron chi connectivity index (χ0n) is 13.6. The molecule has 0 radical (unpaired) electrons. The van der Waals surface area contributed by atoms with Crippen molar-refractivity contribution in [2.45, 2.75) is 32.6 Å². The SMILES string of the molecule is Cc1cc(C(C)C(=O)O)c(O)cc1N1CCCC1.c1cc[nH]c1. The lowest BCUT2D eigenvalue weighted by molar-refractivity contribution is -0.138. The molecule has 3 N–H and O–H groups in total. The second-order valence-corrected chi connectivity index (χ2v) is 5.84. The maximum absolute atomic E-state index is 11.0. The molecule has 3 rings (SSSR count). The van der Waals surface area contributed by atoms with E-state index in [2.05, 4.69) is 9.88 Å². The quantitative estimate of drug-likeness (QED) is 0.810. The number of aromatic nitrogens is 1. The second kappa shape index (κ2) is 7.72. The number of anilines is 1. The van der Waals surface area contributed by atoms with Crippen molar-refractivity contribution in [3.05, 3.63) is 47.8 Å². The summed E-state index contributed by atoms with van der Waals surface area (Å²) in [5, 5.41) is 19.0. The van der Waals surface area contributed by atoms with Gasteiger partial charge in [0.05, 0.1) is 5.92 Å². The van der Waals surface area contributed by atoms with Gasteiger partial charge in [-0.25, -0.2) is 0 Å². The van der Waals surface area contributed by atoms with Crippen LogP contribution in [0.25, 0.3) is 0 Å². The molecule has 1 aromatic carbocycles. The van der Waals surface area contributed by atoms with E-state index in [9.17, 15) is 9.90 Å². The number of hydrogen-bond donors (Lipinski definition) is 3. The van der Waals surface area contributed by atoms with E-state index in [0.29, 0.717) is 5.56 Å². The molecule has 0 saturated carbocycles. The molecule has 1 aliphatic heterocycles. The van der Waals surface area contributed by atoms with Gasteiger partial charge in [0.1, 0.15) is 5.75 Å². The highest BCUT2D eigenvalue weighted by Gasteiger charge is 2.21. The summed E-state index contributed by atoms with van der Waals surface area (Å²) in [6.45, 7) is 5.57. The molecule has 0 spiro atoms. The number of H-pyrrole nitrogens is 1. The van der Waals surface area contributed by atoms with E-state index >= 15 is 0 Å². The van der Waals surface area contributed by atoms with Gasteiger partial charge in [-0.3, -0.25) is 4.79 Å². The van der Waals surface area contributed by atoms with Crippen LogP contribution in [-0.4, -0.2) is 34.3 Å². The van der Waals surface area contributed by atoms with E-state index in [1.54, 1.807) is 19.1 Å². The number of phenols is 1. The smallest absolute Gasteiger partial charge is 0.310 e. The van der Waals surface area contributed by atoms with Crippen LogP contribution in [0.3, 0.4) is 0 Å². The van der Waals surface area contributed by atoms with E-state index in [1.165, 1.54) is 12.8 Å². The number of carboxylic acid groups (broad SMARTS) is 1. The van der Waals surface area contributed by atoms with Crippen molar-refractivity contribution in [1.82, 2.24) is 4.98 Å².